The number of fused-ring (bicyclic) bond motifs is 1. The molecule has 8 heteroatoms. The molecular formula is C20H29N5O2S. The molecule has 0 bridgehead atoms. The summed E-state index contributed by atoms with van der Waals surface area (Å²) in [5, 5.41) is 8.17. The lowest BCUT2D eigenvalue weighted by atomic mass is 9.99. The van der Waals surface area contributed by atoms with Crippen LogP contribution in [-0.2, 0) is 11.2 Å². The average Bonchev–Trinajstić information content (AvgIpc) is 3.22. The molecular weight excluding hydrogens is 374 g/mol. The third kappa shape index (κ3) is 4.07. The molecule has 3 aliphatic heterocycles. The average molecular weight is 404 g/mol. The maximum absolute atomic E-state index is 11.2. The summed E-state index contributed by atoms with van der Waals surface area (Å²) in [5.74, 6) is 0.988. The molecule has 152 valence electrons. The minimum absolute atomic E-state index is 0.0539. The summed E-state index contributed by atoms with van der Waals surface area (Å²) in [6, 6.07) is 7.05. The number of hydrazone groups is 1. The Morgan fingerprint density at radius 3 is 2.82 bits per heavy atom. The van der Waals surface area contributed by atoms with Gasteiger partial charge in [-0.15, -0.1) is 0 Å². The van der Waals surface area contributed by atoms with Crippen LogP contribution < -0.4 is 15.5 Å². The highest BCUT2D eigenvalue weighted by atomic mass is 32.2. The smallest absolute Gasteiger partial charge is 0.219 e. The van der Waals surface area contributed by atoms with E-state index >= 15 is 0 Å². The Morgan fingerprint density at radius 2 is 2.11 bits per heavy atom. The second-order valence-corrected chi connectivity index (χ2v) is 9.40. The van der Waals surface area contributed by atoms with Gasteiger partial charge in [0.2, 0.25) is 5.91 Å². The molecule has 0 aliphatic carbocycles. The fourth-order valence-electron chi connectivity index (χ4n) is 4.04. The lowest BCUT2D eigenvalue weighted by molar-refractivity contribution is -0.119. The van der Waals surface area contributed by atoms with Crippen molar-refractivity contribution in [1.82, 2.24) is 20.5 Å². The zero-order valence-corrected chi connectivity index (χ0v) is 17.8. The number of thioether (sulfide) groups is 1. The van der Waals surface area contributed by atoms with Crippen LogP contribution in [0.3, 0.4) is 0 Å². The van der Waals surface area contributed by atoms with Crippen LogP contribution in [0.25, 0.3) is 0 Å². The SMILES string of the molecule is CC(=O)NC1NN=C(N2CCN(C(C)c3ccc4c(c3)OC(C)(C)C4)CC2)S1. The summed E-state index contributed by atoms with van der Waals surface area (Å²) in [6.45, 7) is 11.9. The van der Waals surface area contributed by atoms with Gasteiger partial charge in [0.1, 0.15) is 11.4 Å². The number of carbonyl (C=O) groups is 1. The zero-order chi connectivity index (χ0) is 19.9. The van der Waals surface area contributed by atoms with Crippen LogP contribution in [-0.4, -0.2) is 58.2 Å². The molecule has 0 radical (unpaired) electrons. The number of ether oxygens (including phenoxy) is 1. The third-order valence-electron chi connectivity index (χ3n) is 5.54. The Bertz CT molecular complexity index is 789. The first kappa shape index (κ1) is 19.4. The van der Waals surface area contributed by atoms with E-state index in [0.29, 0.717) is 6.04 Å². The van der Waals surface area contributed by atoms with Gasteiger partial charge in [0.25, 0.3) is 0 Å². The van der Waals surface area contributed by atoms with Crippen LogP contribution in [0, 0.1) is 0 Å². The molecule has 7 nitrogen and oxygen atoms in total. The van der Waals surface area contributed by atoms with E-state index in [1.54, 1.807) is 11.8 Å². The molecule has 4 rings (SSSR count). The van der Waals surface area contributed by atoms with Crippen molar-refractivity contribution >= 4 is 22.8 Å². The van der Waals surface area contributed by atoms with Crippen molar-refractivity contribution in [3.63, 3.8) is 0 Å². The summed E-state index contributed by atoms with van der Waals surface area (Å²) in [4.78, 5) is 16.0. The van der Waals surface area contributed by atoms with E-state index in [2.05, 4.69) is 64.6 Å². The molecule has 28 heavy (non-hydrogen) atoms. The van der Waals surface area contributed by atoms with Crippen molar-refractivity contribution in [3.8, 4) is 5.75 Å². The van der Waals surface area contributed by atoms with Crippen molar-refractivity contribution < 1.29 is 9.53 Å². The van der Waals surface area contributed by atoms with Crippen LogP contribution in [0.4, 0.5) is 0 Å². The van der Waals surface area contributed by atoms with Crippen LogP contribution in [0.15, 0.2) is 23.3 Å². The molecule has 3 heterocycles. The lowest BCUT2D eigenvalue weighted by Gasteiger charge is -2.38. The summed E-state index contributed by atoms with van der Waals surface area (Å²) >= 11 is 1.56. The van der Waals surface area contributed by atoms with Crippen LogP contribution >= 0.6 is 11.8 Å². The second kappa shape index (κ2) is 7.48. The standard InChI is InChI=1S/C20H29N5O2S/c1-13(15-5-6-16-12-20(3,4)27-17(16)11-15)24-7-9-25(10-8-24)19-23-22-18(28-19)21-14(2)26/h5-6,11,13,18,22H,7-10,12H2,1-4H3,(H,21,26). The van der Waals surface area contributed by atoms with Crippen molar-refractivity contribution in [3.05, 3.63) is 29.3 Å². The summed E-state index contributed by atoms with van der Waals surface area (Å²) in [5.41, 5.74) is 5.33. The van der Waals surface area contributed by atoms with Gasteiger partial charge in [-0.2, -0.15) is 5.10 Å². The summed E-state index contributed by atoms with van der Waals surface area (Å²) in [6.07, 6.45) is 0.975. The number of benzene rings is 1. The minimum Gasteiger partial charge on any atom is -0.487 e. The monoisotopic (exact) mass is 403 g/mol. The van der Waals surface area contributed by atoms with Crippen molar-refractivity contribution in [2.24, 2.45) is 5.10 Å². The third-order valence-corrected chi connectivity index (χ3v) is 6.56. The number of hydrogen-bond acceptors (Lipinski definition) is 7. The van der Waals surface area contributed by atoms with E-state index in [1.807, 2.05) is 0 Å². The van der Waals surface area contributed by atoms with E-state index in [-0.39, 0.29) is 17.0 Å². The first-order valence-corrected chi connectivity index (χ1v) is 10.8. The first-order valence-electron chi connectivity index (χ1n) is 9.88. The van der Waals surface area contributed by atoms with Gasteiger partial charge >= 0.3 is 0 Å². The molecule has 1 aromatic carbocycles. The number of amides is 1. The largest absolute Gasteiger partial charge is 0.487 e. The van der Waals surface area contributed by atoms with Gasteiger partial charge in [0.15, 0.2) is 10.7 Å². The summed E-state index contributed by atoms with van der Waals surface area (Å²) < 4.78 is 6.11. The molecule has 2 unspecified atom stereocenters. The molecule has 1 aromatic rings. The van der Waals surface area contributed by atoms with E-state index in [1.165, 1.54) is 18.1 Å². The normalized spacial score (nSPS) is 24.8. The van der Waals surface area contributed by atoms with Crippen LogP contribution in [0.5, 0.6) is 5.75 Å². The van der Waals surface area contributed by atoms with Gasteiger partial charge in [-0.3, -0.25) is 15.1 Å². The number of hydrogen-bond donors (Lipinski definition) is 2. The van der Waals surface area contributed by atoms with Gasteiger partial charge in [-0.1, -0.05) is 12.1 Å². The van der Waals surface area contributed by atoms with Crippen molar-refractivity contribution in [2.45, 2.75) is 51.3 Å². The molecule has 2 N–H and O–H groups in total. The number of amidine groups is 1. The highest BCUT2D eigenvalue weighted by Crippen LogP contribution is 2.37. The quantitative estimate of drug-likeness (QED) is 0.806. The van der Waals surface area contributed by atoms with Gasteiger partial charge in [-0.25, -0.2) is 0 Å². The van der Waals surface area contributed by atoms with Crippen LogP contribution in [0.2, 0.25) is 0 Å². The fraction of sp³-hybridized carbons (Fsp3) is 0.600. The van der Waals surface area contributed by atoms with Crippen molar-refractivity contribution in [2.75, 3.05) is 26.2 Å². The predicted octanol–water partition coefficient (Wildman–Crippen LogP) is 2.11. The number of rotatable bonds is 3. The van der Waals surface area contributed by atoms with Crippen molar-refractivity contribution in [1.29, 1.82) is 0 Å². The lowest BCUT2D eigenvalue weighted by Crippen LogP contribution is -2.48. The van der Waals surface area contributed by atoms with Gasteiger partial charge < -0.3 is 15.0 Å². The first-order chi connectivity index (χ1) is 13.3. The Morgan fingerprint density at radius 1 is 1.36 bits per heavy atom. The number of carbonyl (C=O) groups excluding carboxylic acids is 1. The van der Waals surface area contributed by atoms with E-state index in [9.17, 15) is 4.79 Å². The van der Waals surface area contributed by atoms with Gasteiger partial charge in [0.05, 0.1) is 0 Å². The van der Waals surface area contributed by atoms with Crippen LogP contribution in [0.1, 0.15) is 44.9 Å². The molecule has 0 saturated carbocycles. The fourth-order valence-corrected chi connectivity index (χ4v) is 5.02. The highest BCUT2D eigenvalue weighted by Gasteiger charge is 2.32. The number of nitrogens with one attached hydrogen (secondary N) is 2. The molecule has 0 spiro atoms. The second-order valence-electron chi connectivity index (χ2n) is 8.33. The molecule has 1 amide bonds. The molecule has 1 fully saturated rings. The Hall–Kier alpha value is -1.93. The zero-order valence-electron chi connectivity index (χ0n) is 17.0. The van der Waals surface area contributed by atoms with Gasteiger partial charge in [0, 0.05) is 45.6 Å². The Labute approximate surface area is 170 Å². The Kier molecular flexibility index (Phi) is 5.18. The minimum atomic E-state index is -0.167. The topological polar surface area (TPSA) is 69.2 Å². The predicted molar refractivity (Wildman–Crippen MR) is 112 cm³/mol. The molecule has 2 atom stereocenters. The molecule has 3 aliphatic rings. The highest BCUT2D eigenvalue weighted by molar-refractivity contribution is 8.14. The maximum atomic E-state index is 11.2. The number of nitrogens with zero attached hydrogens (tertiary/aromatic N) is 3. The maximum Gasteiger partial charge on any atom is 0.219 e. The number of piperazine rings is 1. The van der Waals surface area contributed by atoms with E-state index < -0.39 is 0 Å². The van der Waals surface area contributed by atoms with E-state index in [0.717, 1.165) is 43.5 Å². The Balaban J connectivity index is 1.33. The van der Waals surface area contributed by atoms with E-state index in [4.69, 9.17) is 4.74 Å². The van der Waals surface area contributed by atoms with Gasteiger partial charge in [-0.05, 0) is 49.7 Å². The molecule has 0 aromatic heterocycles. The molecule has 1 saturated heterocycles. The summed E-state index contributed by atoms with van der Waals surface area (Å²) in [7, 11) is 0.